The first-order valence-corrected chi connectivity index (χ1v) is 7.63. The normalized spacial score (nSPS) is 12.3. The molecule has 0 aromatic carbocycles. The summed E-state index contributed by atoms with van der Waals surface area (Å²) in [6.45, 7) is 5.71. The van der Waals surface area contributed by atoms with Crippen molar-refractivity contribution < 1.29 is 13.2 Å². The Morgan fingerprint density at radius 1 is 1.37 bits per heavy atom. The zero-order chi connectivity index (χ0) is 14.7. The Kier molecular flexibility index (Phi) is 4.70. The van der Waals surface area contributed by atoms with Crippen LogP contribution in [0.3, 0.4) is 0 Å². The van der Waals surface area contributed by atoms with E-state index in [2.05, 4.69) is 20.0 Å². The molecule has 0 spiro atoms. The number of rotatable bonds is 6. The Morgan fingerprint density at radius 2 is 2.00 bits per heavy atom. The number of hydrogen-bond donors (Lipinski definition) is 2. The number of anilines is 1. The lowest BCUT2D eigenvalue weighted by Crippen LogP contribution is -2.47. The van der Waals surface area contributed by atoms with Crippen molar-refractivity contribution >= 4 is 15.8 Å². The Balaban J connectivity index is 2.73. The standard InChI is InChI=1S/C11H20N4O3S/c1-8-13-9(6-10(14-8)18-4)12-7-11(2,3)15-19(5,16)17/h6,15H,7H2,1-5H3,(H,12,13,14). The third kappa shape index (κ3) is 5.84. The van der Waals surface area contributed by atoms with Crippen LogP contribution in [0.5, 0.6) is 5.88 Å². The summed E-state index contributed by atoms with van der Waals surface area (Å²) in [6.07, 6.45) is 1.13. The van der Waals surface area contributed by atoms with Crippen LogP contribution >= 0.6 is 0 Å². The van der Waals surface area contributed by atoms with Gasteiger partial charge in [-0.1, -0.05) is 0 Å². The van der Waals surface area contributed by atoms with Crippen LogP contribution in [-0.2, 0) is 10.0 Å². The monoisotopic (exact) mass is 288 g/mol. The van der Waals surface area contributed by atoms with Crippen LogP contribution in [0.2, 0.25) is 0 Å². The molecule has 0 saturated carbocycles. The van der Waals surface area contributed by atoms with Gasteiger partial charge in [-0.05, 0) is 20.8 Å². The molecule has 2 N–H and O–H groups in total. The Labute approximate surface area is 113 Å². The minimum atomic E-state index is -3.25. The molecule has 0 amide bonds. The molecular weight excluding hydrogens is 268 g/mol. The van der Waals surface area contributed by atoms with Gasteiger partial charge < -0.3 is 10.1 Å². The summed E-state index contributed by atoms with van der Waals surface area (Å²) in [5, 5.41) is 3.06. The van der Waals surface area contributed by atoms with E-state index in [1.807, 2.05) is 0 Å². The second-order valence-electron chi connectivity index (χ2n) is 4.95. The second kappa shape index (κ2) is 5.70. The SMILES string of the molecule is COc1cc(NCC(C)(C)NS(C)(=O)=O)nc(C)n1. The van der Waals surface area contributed by atoms with E-state index >= 15 is 0 Å². The maximum Gasteiger partial charge on any atom is 0.218 e. The van der Waals surface area contributed by atoms with Crippen LogP contribution in [0, 0.1) is 6.92 Å². The van der Waals surface area contributed by atoms with Crippen molar-refractivity contribution in [3.8, 4) is 5.88 Å². The Hall–Kier alpha value is -1.41. The molecule has 1 rings (SSSR count). The highest BCUT2D eigenvalue weighted by molar-refractivity contribution is 7.88. The summed E-state index contributed by atoms with van der Waals surface area (Å²) < 4.78 is 30.0. The summed E-state index contributed by atoms with van der Waals surface area (Å²) in [5.41, 5.74) is -0.625. The van der Waals surface area contributed by atoms with Crippen molar-refractivity contribution in [3.05, 3.63) is 11.9 Å². The van der Waals surface area contributed by atoms with Crippen LogP contribution in [-0.4, -0.2) is 43.8 Å². The molecule has 1 heterocycles. The molecule has 0 fully saturated rings. The quantitative estimate of drug-likeness (QED) is 0.793. The number of sulfonamides is 1. The van der Waals surface area contributed by atoms with Gasteiger partial charge in [-0.25, -0.2) is 18.1 Å². The minimum absolute atomic E-state index is 0.389. The van der Waals surface area contributed by atoms with Gasteiger partial charge in [0.1, 0.15) is 11.6 Å². The van der Waals surface area contributed by atoms with Crippen LogP contribution in [0.25, 0.3) is 0 Å². The van der Waals surface area contributed by atoms with Crippen molar-refractivity contribution in [2.45, 2.75) is 26.3 Å². The predicted molar refractivity (Wildman–Crippen MR) is 73.9 cm³/mol. The predicted octanol–water partition coefficient (Wildman–Crippen LogP) is 0.533. The van der Waals surface area contributed by atoms with E-state index in [-0.39, 0.29) is 0 Å². The minimum Gasteiger partial charge on any atom is -0.481 e. The van der Waals surface area contributed by atoms with Gasteiger partial charge in [0.2, 0.25) is 15.9 Å². The molecule has 7 nitrogen and oxygen atoms in total. The average molecular weight is 288 g/mol. The van der Waals surface area contributed by atoms with Crippen molar-refractivity contribution in [2.24, 2.45) is 0 Å². The van der Waals surface area contributed by atoms with Crippen LogP contribution in [0.15, 0.2) is 6.07 Å². The molecular formula is C11H20N4O3S. The first-order chi connectivity index (χ1) is 8.61. The van der Waals surface area contributed by atoms with Crippen molar-refractivity contribution in [1.82, 2.24) is 14.7 Å². The highest BCUT2D eigenvalue weighted by Gasteiger charge is 2.22. The molecule has 0 bridgehead atoms. The Morgan fingerprint density at radius 3 is 2.53 bits per heavy atom. The number of aromatic nitrogens is 2. The number of aryl methyl sites for hydroxylation is 1. The second-order valence-corrected chi connectivity index (χ2v) is 6.70. The fourth-order valence-corrected chi connectivity index (χ4v) is 2.66. The van der Waals surface area contributed by atoms with Gasteiger partial charge in [-0.2, -0.15) is 4.98 Å². The van der Waals surface area contributed by atoms with E-state index in [9.17, 15) is 8.42 Å². The summed E-state index contributed by atoms with van der Waals surface area (Å²) in [4.78, 5) is 8.27. The molecule has 0 unspecified atom stereocenters. The number of hydrogen-bond acceptors (Lipinski definition) is 6. The van der Waals surface area contributed by atoms with Crippen molar-refractivity contribution in [1.29, 1.82) is 0 Å². The van der Waals surface area contributed by atoms with E-state index < -0.39 is 15.6 Å². The van der Waals surface area contributed by atoms with Gasteiger partial charge in [0, 0.05) is 18.2 Å². The molecule has 0 radical (unpaired) electrons. The lowest BCUT2D eigenvalue weighted by Gasteiger charge is -2.25. The van der Waals surface area contributed by atoms with Gasteiger partial charge in [0.25, 0.3) is 0 Å². The third-order valence-electron chi connectivity index (χ3n) is 2.20. The highest BCUT2D eigenvalue weighted by Crippen LogP contribution is 2.14. The van der Waals surface area contributed by atoms with E-state index in [1.54, 1.807) is 26.8 Å². The molecule has 0 aliphatic heterocycles. The topological polar surface area (TPSA) is 93.2 Å². The zero-order valence-electron chi connectivity index (χ0n) is 11.8. The van der Waals surface area contributed by atoms with Gasteiger partial charge in [0.15, 0.2) is 0 Å². The summed E-state index contributed by atoms with van der Waals surface area (Å²) in [5.74, 6) is 1.63. The fourth-order valence-electron chi connectivity index (χ4n) is 1.58. The highest BCUT2D eigenvalue weighted by atomic mass is 32.2. The van der Waals surface area contributed by atoms with E-state index in [0.29, 0.717) is 24.1 Å². The van der Waals surface area contributed by atoms with Gasteiger partial charge in [-0.3, -0.25) is 0 Å². The zero-order valence-corrected chi connectivity index (χ0v) is 12.6. The van der Waals surface area contributed by atoms with E-state index in [0.717, 1.165) is 6.26 Å². The molecule has 108 valence electrons. The van der Waals surface area contributed by atoms with Crippen molar-refractivity contribution in [2.75, 3.05) is 25.2 Å². The molecule has 0 atom stereocenters. The summed E-state index contributed by atoms with van der Waals surface area (Å²) in [6, 6.07) is 1.66. The number of ether oxygens (including phenoxy) is 1. The first kappa shape index (κ1) is 15.6. The summed E-state index contributed by atoms with van der Waals surface area (Å²) >= 11 is 0. The molecule has 8 heteroatoms. The van der Waals surface area contributed by atoms with Crippen LogP contribution < -0.4 is 14.8 Å². The van der Waals surface area contributed by atoms with Crippen LogP contribution in [0.4, 0.5) is 5.82 Å². The molecule has 0 saturated heterocycles. The maximum absolute atomic E-state index is 11.2. The molecule has 0 aliphatic carbocycles. The fraction of sp³-hybridized carbons (Fsp3) is 0.636. The molecule has 0 aliphatic rings. The number of methoxy groups -OCH3 is 1. The van der Waals surface area contributed by atoms with Gasteiger partial charge in [0.05, 0.1) is 13.4 Å². The van der Waals surface area contributed by atoms with Crippen molar-refractivity contribution in [3.63, 3.8) is 0 Å². The lowest BCUT2D eigenvalue weighted by molar-refractivity contribution is 0.395. The Bertz CT molecular complexity index is 543. The van der Waals surface area contributed by atoms with Gasteiger partial charge in [-0.15, -0.1) is 0 Å². The van der Waals surface area contributed by atoms with E-state index in [4.69, 9.17) is 4.74 Å². The van der Waals surface area contributed by atoms with Gasteiger partial charge >= 0.3 is 0 Å². The van der Waals surface area contributed by atoms with Crippen LogP contribution in [0.1, 0.15) is 19.7 Å². The third-order valence-corrected chi connectivity index (χ3v) is 3.12. The first-order valence-electron chi connectivity index (χ1n) is 5.74. The molecule has 1 aromatic rings. The number of nitrogens with one attached hydrogen (secondary N) is 2. The molecule has 1 aromatic heterocycles. The number of nitrogens with zero attached hydrogens (tertiary/aromatic N) is 2. The average Bonchev–Trinajstić information content (AvgIpc) is 2.22. The lowest BCUT2D eigenvalue weighted by atomic mass is 10.1. The maximum atomic E-state index is 11.2. The smallest absolute Gasteiger partial charge is 0.218 e. The molecule has 19 heavy (non-hydrogen) atoms. The largest absolute Gasteiger partial charge is 0.481 e. The summed E-state index contributed by atoms with van der Waals surface area (Å²) in [7, 11) is -1.73. The van der Waals surface area contributed by atoms with E-state index in [1.165, 1.54) is 7.11 Å².